The molecule has 0 atom stereocenters. The van der Waals surface area contributed by atoms with Crippen molar-refractivity contribution in [1.29, 1.82) is 0 Å². The Morgan fingerprint density at radius 3 is 2.52 bits per heavy atom. The van der Waals surface area contributed by atoms with Gasteiger partial charge in [0.15, 0.2) is 5.13 Å². The first kappa shape index (κ1) is 17.9. The third kappa shape index (κ3) is 4.51. The van der Waals surface area contributed by atoms with E-state index in [-0.39, 0.29) is 23.9 Å². The van der Waals surface area contributed by atoms with Crippen LogP contribution in [0.5, 0.6) is 0 Å². The van der Waals surface area contributed by atoms with Crippen molar-refractivity contribution < 1.29 is 9.59 Å². The number of carbonyl (C=O) groups is 2. The van der Waals surface area contributed by atoms with Crippen molar-refractivity contribution in [1.82, 2.24) is 14.8 Å². The molecule has 2 amide bonds. The van der Waals surface area contributed by atoms with E-state index in [1.807, 2.05) is 4.90 Å². The van der Waals surface area contributed by atoms with E-state index in [1.165, 1.54) is 18.3 Å². The lowest BCUT2D eigenvalue weighted by atomic mass is 10.1. The summed E-state index contributed by atoms with van der Waals surface area (Å²) in [6, 6.07) is 0.412. The van der Waals surface area contributed by atoms with Crippen LogP contribution in [0.15, 0.2) is 0 Å². The summed E-state index contributed by atoms with van der Waals surface area (Å²) in [6.07, 6.45) is 0.821. The van der Waals surface area contributed by atoms with Gasteiger partial charge >= 0.3 is 0 Å². The molecule has 0 bridgehead atoms. The normalized spacial score (nSPS) is 14.9. The van der Waals surface area contributed by atoms with Crippen molar-refractivity contribution >= 4 is 28.3 Å². The number of amides is 2. The summed E-state index contributed by atoms with van der Waals surface area (Å²) in [6.45, 7) is 11.7. The second-order valence-corrected chi connectivity index (χ2v) is 7.60. The summed E-state index contributed by atoms with van der Waals surface area (Å²) < 4.78 is 0. The van der Waals surface area contributed by atoms with Crippen LogP contribution in [0, 0.1) is 0 Å². The van der Waals surface area contributed by atoms with Gasteiger partial charge < -0.3 is 10.2 Å². The topological polar surface area (TPSA) is 65.5 Å². The number of carbonyl (C=O) groups excluding carboxylic acids is 2. The van der Waals surface area contributed by atoms with Gasteiger partial charge in [-0.2, -0.15) is 0 Å². The number of rotatable bonds is 5. The summed E-state index contributed by atoms with van der Waals surface area (Å²) >= 11 is 1.51. The molecule has 1 aromatic rings. The van der Waals surface area contributed by atoms with Crippen LogP contribution in [-0.4, -0.2) is 51.8 Å². The Hall–Kier alpha value is -1.47. The lowest BCUT2D eigenvalue weighted by Crippen LogP contribution is -2.47. The first-order valence-electron chi connectivity index (χ1n) is 8.07. The van der Waals surface area contributed by atoms with E-state index < -0.39 is 0 Å². The Bertz CT molecular complexity index is 575. The van der Waals surface area contributed by atoms with Crippen LogP contribution in [0.4, 0.5) is 5.13 Å². The molecule has 1 aromatic heterocycles. The molecule has 7 heteroatoms. The molecule has 0 aliphatic carbocycles. The van der Waals surface area contributed by atoms with Gasteiger partial charge in [0.2, 0.25) is 11.8 Å². The minimum atomic E-state index is -0.104. The van der Waals surface area contributed by atoms with Gasteiger partial charge in [-0.1, -0.05) is 0 Å². The quantitative estimate of drug-likeness (QED) is 0.893. The number of nitrogens with zero attached hydrogens (tertiary/aromatic N) is 3. The van der Waals surface area contributed by atoms with Gasteiger partial charge in [-0.25, -0.2) is 4.98 Å². The fraction of sp³-hybridized carbons (Fsp3) is 0.688. The monoisotopic (exact) mass is 338 g/mol. The average molecular weight is 338 g/mol. The maximum atomic E-state index is 12.6. The van der Waals surface area contributed by atoms with E-state index in [0.717, 1.165) is 30.1 Å². The van der Waals surface area contributed by atoms with Crippen LogP contribution >= 0.6 is 11.3 Å². The Kier molecular flexibility index (Phi) is 5.75. The molecular formula is C16H26N4O2S. The molecule has 0 saturated heterocycles. The highest BCUT2D eigenvalue weighted by atomic mass is 32.1. The number of nitrogens with one attached hydrogen (secondary N) is 1. The molecular weight excluding hydrogens is 312 g/mol. The van der Waals surface area contributed by atoms with Crippen LogP contribution in [0.25, 0.3) is 0 Å². The van der Waals surface area contributed by atoms with E-state index in [9.17, 15) is 9.59 Å². The Morgan fingerprint density at radius 2 is 1.96 bits per heavy atom. The second kappa shape index (κ2) is 7.40. The van der Waals surface area contributed by atoms with Crippen molar-refractivity contribution in [3.8, 4) is 0 Å². The van der Waals surface area contributed by atoms with E-state index in [0.29, 0.717) is 11.7 Å². The Balaban J connectivity index is 2.00. The molecule has 0 unspecified atom stereocenters. The molecule has 23 heavy (non-hydrogen) atoms. The summed E-state index contributed by atoms with van der Waals surface area (Å²) in [7, 11) is 0. The van der Waals surface area contributed by atoms with E-state index in [2.05, 4.69) is 42.9 Å². The number of fused-ring (bicyclic) bond motifs is 1. The number of anilines is 1. The molecule has 1 aliphatic rings. The number of thiazole rings is 1. The molecule has 128 valence electrons. The minimum absolute atomic E-state index is 0.104. The number of aromatic nitrogens is 1. The lowest BCUT2D eigenvalue weighted by Gasteiger charge is -2.34. The first-order valence-corrected chi connectivity index (χ1v) is 8.89. The third-order valence-corrected chi connectivity index (χ3v) is 4.85. The summed E-state index contributed by atoms with van der Waals surface area (Å²) in [4.78, 5) is 33.4. The molecule has 1 aliphatic heterocycles. The molecule has 0 saturated carbocycles. The molecule has 2 rings (SSSR count). The van der Waals surface area contributed by atoms with Gasteiger partial charge in [-0.15, -0.1) is 11.3 Å². The van der Waals surface area contributed by atoms with Gasteiger partial charge in [0.25, 0.3) is 0 Å². The highest BCUT2D eigenvalue weighted by Gasteiger charge is 2.26. The average Bonchev–Trinajstić information content (AvgIpc) is 2.77. The van der Waals surface area contributed by atoms with Gasteiger partial charge in [-0.05, 0) is 27.7 Å². The van der Waals surface area contributed by atoms with Crippen LogP contribution in [0.1, 0.15) is 45.2 Å². The van der Waals surface area contributed by atoms with Crippen molar-refractivity contribution in [2.45, 2.75) is 59.7 Å². The van der Waals surface area contributed by atoms with Crippen LogP contribution < -0.4 is 5.32 Å². The van der Waals surface area contributed by atoms with Gasteiger partial charge in [0.05, 0.1) is 12.2 Å². The Labute approximate surface area is 141 Å². The van der Waals surface area contributed by atoms with Crippen molar-refractivity contribution in [3.05, 3.63) is 10.6 Å². The molecule has 6 nitrogen and oxygen atoms in total. The number of hydrogen-bond acceptors (Lipinski definition) is 5. The Morgan fingerprint density at radius 1 is 1.30 bits per heavy atom. The maximum absolute atomic E-state index is 12.6. The maximum Gasteiger partial charge on any atom is 0.237 e. The summed E-state index contributed by atoms with van der Waals surface area (Å²) in [5.41, 5.74) is 1.05. The molecule has 0 aromatic carbocycles. The minimum Gasteiger partial charge on any atom is -0.337 e. The highest BCUT2D eigenvalue weighted by molar-refractivity contribution is 7.15. The van der Waals surface area contributed by atoms with Crippen LogP contribution in [-0.2, 0) is 22.6 Å². The van der Waals surface area contributed by atoms with Gasteiger partial charge in [-0.3, -0.25) is 14.5 Å². The zero-order valence-electron chi connectivity index (χ0n) is 14.5. The zero-order valence-corrected chi connectivity index (χ0v) is 15.4. The SMILES string of the molecule is CC(=O)Nc1nc2c(s1)CN(CC(=O)N(C(C)C)C(C)C)CC2. The second-order valence-electron chi connectivity index (χ2n) is 6.52. The van der Waals surface area contributed by atoms with E-state index in [4.69, 9.17) is 0 Å². The predicted molar refractivity (Wildman–Crippen MR) is 92.5 cm³/mol. The van der Waals surface area contributed by atoms with Crippen LogP contribution in [0.2, 0.25) is 0 Å². The predicted octanol–water partition coefficient (Wildman–Crippen LogP) is 2.10. The fourth-order valence-electron chi connectivity index (χ4n) is 3.03. The fourth-order valence-corrected chi connectivity index (χ4v) is 4.13. The van der Waals surface area contributed by atoms with Crippen molar-refractivity contribution in [3.63, 3.8) is 0 Å². The number of hydrogen-bond donors (Lipinski definition) is 1. The largest absolute Gasteiger partial charge is 0.337 e. The van der Waals surface area contributed by atoms with Crippen LogP contribution in [0.3, 0.4) is 0 Å². The smallest absolute Gasteiger partial charge is 0.237 e. The van der Waals surface area contributed by atoms with Crippen molar-refractivity contribution in [2.75, 3.05) is 18.4 Å². The van der Waals surface area contributed by atoms with E-state index >= 15 is 0 Å². The third-order valence-electron chi connectivity index (χ3n) is 3.85. The summed E-state index contributed by atoms with van der Waals surface area (Å²) in [5, 5.41) is 3.39. The molecule has 0 spiro atoms. The van der Waals surface area contributed by atoms with Gasteiger partial charge in [0.1, 0.15) is 0 Å². The lowest BCUT2D eigenvalue weighted by molar-refractivity contribution is -0.136. The zero-order chi connectivity index (χ0) is 17.1. The molecule has 2 heterocycles. The van der Waals surface area contributed by atoms with E-state index in [1.54, 1.807) is 0 Å². The first-order chi connectivity index (χ1) is 10.8. The standard InChI is InChI=1S/C16H26N4O2S/c1-10(2)20(11(3)4)15(22)9-19-7-6-13-14(8-19)23-16(18-13)17-12(5)21/h10-11H,6-9H2,1-5H3,(H,17,18,21). The van der Waals surface area contributed by atoms with Crippen molar-refractivity contribution in [2.24, 2.45) is 0 Å². The molecule has 1 N–H and O–H groups in total. The van der Waals surface area contributed by atoms with Gasteiger partial charge in [0, 0.05) is 43.4 Å². The highest BCUT2D eigenvalue weighted by Crippen LogP contribution is 2.28. The molecule has 0 fully saturated rings. The summed E-state index contributed by atoms with van der Waals surface area (Å²) in [5.74, 6) is 0.0673. The molecule has 0 radical (unpaired) electrons.